The van der Waals surface area contributed by atoms with E-state index in [2.05, 4.69) is 0 Å². The molecule has 19 heavy (non-hydrogen) atoms. The minimum Gasteiger partial charge on any atom is -0.497 e. The number of methoxy groups -OCH3 is 2. The van der Waals surface area contributed by atoms with Gasteiger partial charge in [-0.2, -0.15) is 0 Å². The summed E-state index contributed by atoms with van der Waals surface area (Å²) in [5, 5.41) is -1.40. The average Bonchev–Trinajstić information content (AvgIpc) is 2.45. The first-order chi connectivity index (χ1) is 9.04. The molecule has 104 valence electrons. The van der Waals surface area contributed by atoms with Crippen molar-refractivity contribution in [2.24, 2.45) is 0 Å². The van der Waals surface area contributed by atoms with Gasteiger partial charge in [-0.05, 0) is 25.1 Å². The molecule has 1 unspecified atom stereocenters. The molecule has 0 saturated carbocycles. The van der Waals surface area contributed by atoms with E-state index in [-0.39, 0.29) is 12.2 Å². The molecule has 0 heterocycles. The second-order valence-electron chi connectivity index (χ2n) is 3.55. The fourth-order valence-electron chi connectivity index (χ4n) is 1.47. The lowest BCUT2D eigenvalue weighted by atomic mass is 10.1. The van der Waals surface area contributed by atoms with Crippen molar-refractivity contribution in [1.29, 1.82) is 0 Å². The lowest BCUT2D eigenvalue weighted by Crippen LogP contribution is -2.27. The molecule has 5 nitrogen and oxygen atoms in total. The van der Waals surface area contributed by atoms with Gasteiger partial charge in [0, 0.05) is 0 Å². The second-order valence-corrected chi connectivity index (χ2v) is 3.98. The van der Waals surface area contributed by atoms with Crippen LogP contribution in [0.5, 0.6) is 11.5 Å². The summed E-state index contributed by atoms with van der Waals surface area (Å²) < 4.78 is 14.8. The maximum Gasteiger partial charge on any atom is 0.332 e. The molecule has 1 rings (SSSR count). The normalized spacial score (nSPS) is 11.6. The molecule has 0 aliphatic carbocycles. The van der Waals surface area contributed by atoms with E-state index in [1.165, 1.54) is 20.3 Å². The van der Waals surface area contributed by atoms with Crippen LogP contribution in [-0.4, -0.2) is 38.0 Å². The van der Waals surface area contributed by atoms with Gasteiger partial charge in [-0.15, -0.1) is 11.6 Å². The lowest BCUT2D eigenvalue weighted by Gasteiger charge is -2.12. The van der Waals surface area contributed by atoms with Gasteiger partial charge in [-0.25, -0.2) is 4.79 Å². The highest BCUT2D eigenvalue weighted by Crippen LogP contribution is 2.26. The van der Waals surface area contributed by atoms with Gasteiger partial charge in [0.2, 0.25) is 0 Å². The highest BCUT2D eigenvalue weighted by Gasteiger charge is 2.29. The van der Waals surface area contributed by atoms with E-state index in [0.717, 1.165) is 0 Å². The molecule has 1 atom stereocenters. The summed E-state index contributed by atoms with van der Waals surface area (Å²) in [5.74, 6) is -0.576. The highest BCUT2D eigenvalue weighted by atomic mass is 35.5. The third kappa shape index (κ3) is 3.61. The van der Waals surface area contributed by atoms with Crippen molar-refractivity contribution in [3.05, 3.63) is 23.8 Å². The summed E-state index contributed by atoms with van der Waals surface area (Å²) in [6, 6.07) is 4.68. The van der Waals surface area contributed by atoms with Crippen molar-refractivity contribution in [2.75, 3.05) is 20.8 Å². The van der Waals surface area contributed by atoms with Crippen LogP contribution in [0.3, 0.4) is 0 Å². The number of halogens is 1. The minimum absolute atomic E-state index is 0.157. The van der Waals surface area contributed by atoms with E-state index in [1.54, 1.807) is 19.1 Å². The fraction of sp³-hybridized carbons (Fsp3) is 0.385. The monoisotopic (exact) mass is 286 g/mol. The van der Waals surface area contributed by atoms with Crippen LogP contribution in [0.15, 0.2) is 18.2 Å². The number of hydrogen-bond donors (Lipinski definition) is 0. The van der Waals surface area contributed by atoms with E-state index in [9.17, 15) is 9.59 Å². The zero-order valence-electron chi connectivity index (χ0n) is 10.9. The fourth-order valence-corrected chi connectivity index (χ4v) is 1.65. The highest BCUT2D eigenvalue weighted by molar-refractivity contribution is 6.43. The SMILES string of the molecule is CCOC(=O)C(Cl)C(=O)c1cc(OC)ccc1OC. The number of carbonyl (C=O) groups is 2. The van der Waals surface area contributed by atoms with Crippen molar-refractivity contribution < 1.29 is 23.8 Å². The largest absolute Gasteiger partial charge is 0.497 e. The zero-order chi connectivity index (χ0) is 14.4. The number of rotatable bonds is 6. The standard InChI is InChI=1S/C13H15ClO5/c1-4-19-13(16)11(14)12(15)9-7-8(17-2)5-6-10(9)18-3/h5-7,11H,4H2,1-3H3. The van der Waals surface area contributed by atoms with Gasteiger partial charge < -0.3 is 14.2 Å². The molecule has 0 aliphatic heterocycles. The summed E-state index contributed by atoms with van der Waals surface area (Å²) in [4.78, 5) is 23.6. The van der Waals surface area contributed by atoms with Crippen LogP contribution in [0.4, 0.5) is 0 Å². The molecule has 0 bridgehead atoms. The molecule has 0 spiro atoms. The average molecular weight is 287 g/mol. The minimum atomic E-state index is -1.40. The first-order valence-electron chi connectivity index (χ1n) is 5.62. The van der Waals surface area contributed by atoms with Crippen molar-refractivity contribution in [3.8, 4) is 11.5 Å². The Balaban J connectivity index is 3.06. The maximum absolute atomic E-state index is 12.1. The van der Waals surface area contributed by atoms with Crippen LogP contribution in [0.1, 0.15) is 17.3 Å². The molecule has 0 fully saturated rings. The van der Waals surface area contributed by atoms with E-state index in [4.69, 9.17) is 25.8 Å². The van der Waals surface area contributed by atoms with Gasteiger partial charge in [0.25, 0.3) is 0 Å². The van der Waals surface area contributed by atoms with Crippen LogP contribution in [0, 0.1) is 0 Å². The number of ether oxygens (including phenoxy) is 3. The zero-order valence-corrected chi connectivity index (χ0v) is 11.7. The summed E-state index contributed by atoms with van der Waals surface area (Å²) in [6.45, 7) is 1.79. The number of ketones is 1. The third-order valence-electron chi connectivity index (χ3n) is 2.40. The van der Waals surface area contributed by atoms with Crippen molar-refractivity contribution >= 4 is 23.4 Å². The Morgan fingerprint density at radius 3 is 2.47 bits per heavy atom. The van der Waals surface area contributed by atoms with Crippen molar-refractivity contribution in [2.45, 2.75) is 12.3 Å². The quantitative estimate of drug-likeness (QED) is 0.347. The molecule has 0 N–H and O–H groups in total. The molecule has 0 aliphatic rings. The van der Waals surface area contributed by atoms with Gasteiger partial charge in [-0.1, -0.05) is 0 Å². The molecule has 1 aromatic carbocycles. The summed E-state index contributed by atoms with van der Waals surface area (Å²) in [6.07, 6.45) is 0. The molecule has 0 amide bonds. The molecular formula is C13H15ClO5. The van der Waals surface area contributed by atoms with Gasteiger partial charge in [0.15, 0.2) is 11.2 Å². The summed E-state index contributed by atoms with van der Waals surface area (Å²) >= 11 is 5.80. The molecule has 6 heteroatoms. The Morgan fingerprint density at radius 1 is 1.26 bits per heavy atom. The van der Waals surface area contributed by atoms with E-state index in [0.29, 0.717) is 11.5 Å². The van der Waals surface area contributed by atoms with Crippen LogP contribution < -0.4 is 9.47 Å². The Kier molecular flexibility index (Phi) is 5.63. The van der Waals surface area contributed by atoms with E-state index in [1.807, 2.05) is 0 Å². The van der Waals surface area contributed by atoms with E-state index >= 15 is 0 Å². The van der Waals surface area contributed by atoms with Crippen LogP contribution >= 0.6 is 11.6 Å². The Labute approximate surface area is 116 Å². The predicted octanol–water partition coefficient (Wildman–Crippen LogP) is 2.06. The first-order valence-corrected chi connectivity index (χ1v) is 6.05. The van der Waals surface area contributed by atoms with Crippen LogP contribution in [0.2, 0.25) is 0 Å². The Morgan fingerprint density at radius 2 is 1.95 bits per heavy atom. The second kappa shape index (κ2) is 6.99. The molecule has 0 radical (unpaired) electrons. The van der Waals surface area contributed by atoms with Crippen LogP contribution in [-0.2, 0) is 9.53 Å². The number of hydrogen-bond acceptors (Lipinski definition) is 5. The van der Waals surface area contributed by atoms with Crippen molar-refractivity contribution in [1.82, 2.24) is 0 Å². The lowest BCUT2D eigenvalue weighted by molar-refractivity contribution is -0.141. The smallest absolute Gasteiger partial charge is 0.332 e. The van der Waals surface area contributed by atoms with Gasteiger partial charge >= 0.3 is 5.97 Å². The molecular weight excluding hydrogens is 272 g/mol. The summed E-state index contributed by atoms with van der Waals surface area (Å²) in [5.41, 5.74) is 0.176. The van der Waals surface area contributed by atoms with Gasteiger partial charge in [0.1, 0.15) is 11.5 Å². The number of alkyl halides is 1. The molecule has 1 aromatic rings. The maximum atomic E-state index is 12.1. The number of Topliss-reactive ketones (excluding diaryl/α,β-unsaturated/α-hetero) is 1. The third-order valence-corrected chi connectivity index (χ3v) is 2.77. The first kappa shape index (κ1) is 15.3. The Bertz CT molecular complexity index is 472. The number of carbonyl (C=O) groups excluding carboxylic acids is 2. The Hall–Kier alpha value is -1.75. The summed E-state index contributed by atoms with van der Waals surface area (Å²) in [7, 11) is 2.89. The van der Waals surface area contributed by atoms with Crippen molar-refractivity contribution in [3.63, 3.8) is 0 Å². The predicted molar refractivity (Wildman–Crippen MR) is 70.2 cm³/mol. The van der Waals surface area contributed by atoms with E-state index < -0.39 is 17.1 Å². The van der Waals surface area contributed by atoms with Gasteiger partial charge in [-0.3, -0.25) is 4.79 Å². The van der Waals surface area contributed by atoms with Crippen LogP contribution in [0.25, 0.3) is 0 Å². The number of esters is 1. The molecule has 0 aromatic heterocycles. The molecule has 0 saturated heterocycles. The topological polar surface area (TPSA) is 61.8 Å². The van der Waals surface area contributed by atoms with Gasteiger partial charge in [0.05, 0.1) is 26.4 Å². The number of benzene rings is 1.